The third-order valence-electron chi connectivity index (χ3n) is 5.28. The van der Waals surface area contributed by atoms with Crippen LogP contribution in [0.2, 0.25) is 0 Å². The number of hydrogen-bond donors (Lipinski definition) is 0. The van der Waals surface area contributed by atoms with Crippen LogP contribution in [-0.4, -0.2) is 48.6 Å². The fraction of sp³-hybridized carbons (Fsp3) is 0.391. The third-order valence-corrected chi connectivity index (χ3v) is 5.28. The van der Waals surface area contributed by atoms with Gasteiger partial charge in [0.15, 0.2) is 6.61 Å². The van der Waals surface area contributed by atoms with E-state index in [1.807, 2.05) is 68.1 Å². The van der Waals surface area contributed by atoms with Crippen LogP contribution in [0.5, 0.6) is 5.75 Å². The van der Waals surface area contributed by atoms with Crippen LogP contribution in [0.4, 0.5) is 5.69 Å². The number of ether oxygens (including phenoxy) is 2. The van der Waals surface area contributed by atoms with Crippen molar-refractivity contribution in [2.75, 3.05) is 24.6 Å². The molecule has 2 aromatic carbocycles. The molecule has 0 radical (unpaired) electrons. The lowest BCUT2D eigenvalue weighted by Gasteiger charge is -2.35. The van der Waals surface area contributed by atoms with Gasteiger partial charge in [0, 0.05) is 18.7 Å². The molecule has 6 nitrogen and oxygen atoms in total. The van der Waals surface area contributed by atoms with Gasteiger partial charge >= 0.3 is 0 Å². The van der Waals surface area contributed by atoms with Crippen molar-refractivity contribution in [2.45, 2.75) is 39.5 Å². The highest BCUT2D eigenvalue weighted by Crippen LogP contribution is 2.34. The number of fused-ring (bicyclic) bond motifs is 1. The minimum absolute atomic E-state index is 0.00148. The van der Waals surface area contributed by atoms with Crippen molar-refractivity contribution in [3.63, 3.8) is 0 Å². The summed E-state index contributed by atoms with van der Waals surface area (Å²) >= 11 is 0. The molecule has 0 unspecified atom stereocenters. The Morgan fingerprint density at radius 1 is 1.10 bits per heavy atom. The number of aryl methyl sites for hydroxylation is 1. The van der Waals surface area contributed by atoms with E-state index in [0.29, 0.717) is 30.9 Å². The number of amides is 2. The average molecular weight is 394 g/mol. The minimum atomic E-state index is -0.0874. The van der Waals surface area contributed by atoms with Gasteiger partial charge in [0.2, 0.25) is 0 Å². The first-order valence-electron chi connectivity index (χ1n) is 9.98. The van der Waals surface area contributed by atoms with E-state index in [9.17, 15) is 9.59 Å². The van der Waals surface area contributed by atoms with Crippen LogP contribution in [0.15, 0.2) is 42.5 Å². The van der Waals surface area contributed by atoms with Crippen molar-refractivity contribution in [1.82, 2.24) is 4.90 Å². The second kappa shape index (κ2) is 7.87. The van der Waals surface area contributed by atoms with Gasteiger partial charge in [-0.1, -0.05) is 18.2 Å². The van der Waals surface area contributed by atoms with Crippen LogP contribution >= 0.6 is 0 Å². The van der Waals surface area contributed by atoms with Crippen molar-refractivity contribution in [2.24, 2.45) is 0 Å². The maximum atomic E-state index is 13.0. The smallest absolute Gasteiger partial charge is 0.265 e. The summed E-state index contributed by atoms with van der Waals surface area (Å²) in [6, 6.07) is 13.3. The number of rotatable bonds is 3. The summed E-state index contributed by atoms with van der Waals surface area (Å²) in [5.41, 5.74) is 3.38. The van der Waals surface area contributed by atoms with E-state index < -0.39 is 0 Å². The van der Waals surface area contributed by atoms with E-state index in [4.69, 9.17) is 9.47 Å². The molecule has 2 atom stereocenters. The zero-order valence-electron chi connectivity index (χ0n) is 17.1. The standard InChI is InChI=1S/C23H26N2O4/c1-15-7-8-21-20(9-15)25(22(26)14-28-21)13-18-5-4-6-19(10-18)23(27)24-11-16(2)29-17(3)12-24/h4-10,16-17H,11-14H2,1-3H3/t16-,17-/m0/s1. The first-order chi connectivity index (χ1) is 13.9. The Hall–Kier alpha value is -2.86. The summed E-state index contributed by atoms with van der Waals surface area (Å²) in [7, 11) is 0. The number of carbonyl (C=O) groups is 2. The molecule has 1 saturated heterocycles. The molecule has 0 aliphatic carbocycles. The Morgan fingerprint density at radius 3 is 2.62 bits per heavy atom. The molecular formula is C23H26N2O4. The SMILES string of the molecule is Cc1ccc2c(c1)N(Cc1cccc(C(=O)N3C[C@H](C)O[C@@H](C)C3)c1)C(=O)CO2. The molecule has 2 aromatic rings. The third kappa shape index (κ3) is 4.12. The number of morpholine rings is 1. The highest BCUT2D eigenvalue weighted by Gasteiger charge is 2.28. The van der Waals surface area contributed by atoms with Gasteiger partial charge in [0.1, 0.15) is 5.75 Å². The molecular weight excluding hydrogens is 368 g/mol. The van der Waals surface area contributed by atoms with Gasteiger partial charge in [-0.3, -0.25) is 9.59 Å². The number of benzene rings is 2. The maximum Gasteiger partial charge on any atom is 0.265 e. The van der Waals surface area contributed by atoms with Crippen molar-refractivity contribution in [3.05, 3.63) is 59.2 Å². The van der Waals surface area contributed by atoms with Crippen molar-refractivity contribution in [3.8, 4) is 5.75 Å². The molecule has 0 aromatic heterocycles. The Kier molecular flexibility index (Phi) is 5.28. The van der Waals surface area contributed by atoms with Crippen LogP contribution in [0.25, 0.3) is 0 Å². The highest BCUT2D eigenvalue weighted by molar-refractivity contribution is 5.98. The monoisotopic (exact) mass is 394 g/mol. The number of nitrogens with zero attached hydrogens (tertiary/aromatic N) is 2. The summed E-state index contributed by atoms with van der Waals surface area (Å²) in [6.45, 7) is 7.55. The number of carbonyl (C=O) groups excluding carboxylic acids is 2. The number of anilines is 1. The minimum Gasteiger partial charge on any atom is -0.482 e. The lowest BCUT2D eigenvalue weighted by atomic mass is 10.1. The summed E-state index contributed by atoms with van der Waals surface area (Å²) in [4.78, 5) is 29.1. The zero-order chi connectivity index (χ0) is 20.5. The molecule has 6 heteroatoms. The molecule has 152 valence electrons. The van der Waals surface area contributed by atoms with Crippen LogP contribution in [0.3, 0.4) is 0 Å². The molecule has 1 fully saturated rings. The van der Waals surface area contributed by atoms with Crippen LogP contribution < -0.4 is 9.64 Å². The molecule has 2 heterocycles. The molecule has 0 spiro atoms. The van der Waals surface area contributed by atoms with Crippen LogP contribution in [-0.2, 0) is 16.1 Å². The van der Waals surface area contributed by atoms with Crippen molar-refractivity contribution < 1.29 is 19.1 Å². The molecule has 4 rings (SSSR count). The van der Waals surface area contributed by atoms with Gasteiger partial charge in [-0.05, 0) is 56.2 Å². The van der Waals surface area contributed by atoms with E-state index in [1.165, 1.54) is 0 Å². The Bertz CT molecular complexity index is 932. The first kappa shape index (κ1) is 19.5. The summed E-state index contributed by atoms with van der Waals surface area (Å²) < 4.78 is 11.3. The van der Waals surface area contributed by atoms with Gasteiger partial charge in [0.05, 0.1) is 24.4 Å². The van der Waals surface area contributed by atoms with E-state index in [2.05, 4.69) is 0 Å². The van der Waals surface area contributed by atoms with Gasteiger partial charge in [-0.15, -0.1) is 0 Å². The van der Waals surface area contributed by atoms with Crippen LogP contribution in [0.1, 0.15) is 35.3 Å². The fourth-order valence-corrected chi connectivity index (χ4v) is 4.00. The van der Waals surface area contributed by atoms with Gasteiger partial charge in [-0.25, -0.2) is 0 Å². The lowest BCUT2D eigenvalue weighted by Crippen LogP contribution is -2.48. The Balaban J connectivity index is 1.56. The molecule has 0 bridgehead atoms. The average Bonchev–Trinajstić information content (AvgIpc) is 2.69. The largest absolute Gasteiger partial charge is 0.482 e. The summed E-state index contributed by atoms with van der Waals surface area (Å²) in [5.74, 6) is 0.618. The van der Waals surface area contributed by atoms with E-state index >= 15 is 0 Å². The molecule has 0 saturated carbocycles. The fourth-order valence-electron chi connectivity index (χ4n) is 4.00. The topological polar surface area (TPSA) is 59.1 Å². The Morgan fingerprint density at radius 2 is 1.86 bits per heavy atom. The zero-order valence-corrected chi connectivity index (χ0v) is 17.1. The molecule has 2 aliphatic rings. The maximum absolute atomic E-state index is 13.0. The molecule has 29 heavy (non-hydrogen) atoms. The first-order valence-corrected chi connectivity index (χ1v) is 9.98. The lowest BCUT2D eigenvalue weighted by molar-refractivity contribution is -0.121. The second-order valence-electron chi connectivity index (χ2n) is 7.91. The second-order valence-corrected chi connectivity index (χ2v) is 7.91. The molecule has 2 aliphatic heterocycles. The quantitative estimate of drug-likeness (QED) is 0.802. The predicted octanol–water partition coefficient (Wildman–Crippen LogP) is 3.17. The Labute approximate surface area is 171 Å². The summed E-state index contributed by atoms with van der Waals surface area (Å²) in [5, 5.41) is 0. The summed E-state index contributed by atoms with van der Waals surface area (Å²) in [6.07, 6.45) is 0.0493. The van der Waals surface area contributed by atoms with Crippen LogP contribution in [0, 0.1) is 6.92 Å². The highest BCUT2D eigenvalue weighted by atomic mass is 16.5. The molecule has 2 amide bonds. The van der Waals surface area contributed by atoms with Crippen molar-refractivity contribution in [1.29, 1.82) is 0 Å². The normalized spacial score (nSPS) is 21.6. The van der Waals surface area contributed by atoms with E-state index in [-0.39, 0.29) is 30.6 Å². The van der Waals surface area contributed by atoms with E-state index in [1.54, 1.807) is 4.90 Å². The number of hydrogen-bond acceptors (Lipinski definition) is 4. The predicted molar refractivity (Wildman–Crippen MR) is 110 cm³/mol. The van der Waals surface area contributed by atoms with E-state index in [0.717, 1.165) is 16.8 Å². The van der Waals surface area contributed by atoms with Gasteiger partial charge < -0.3 is 19.3 Å². The van der Waals surface area contributed by atoms with Gasteiger partial charge in [0.25, 0.3) is 11.8 Å². The molecule has 0 N–H and O–H groups in total. The van der Waals surface area contributed by atoms with Gasteiger partial charge in [-0.2, -0.15) is 0 Å². The van der Waals surface area contributed by atoms with Crippen molar-refractivity contribution >= 4 is 17.5 Å².